The summed E-state index contributed by atoms with van der Waals surface area (Å²) in [5.74, 6) is 20.8. The summed E-state index contributed by atoms with van der Waals surface area (Å²) in [6.45, 7) is 46.5. The van der Waals surface area contributed by atoms with Crippen LogP contribution < -0.4 is 58.8 Å². The van der Waals surface area contributed by atoms with Crippen LogP contribution in [-0.4, -0.2) is 236 Å². The van der Waals surface area contributed by atoms with Crippen molar-refractivity contribution in [3.8, 4) is 23.9 Å². The molecule has 42 heteroatoms. The Bertz CT molecular complexity index is 4270. The standard InChI is InChI=1S/4C21H28N8.4CH3BN.2Fe/c4*1-5-27(6-2)19-24-20(28(7-3)8-4)26-21(25-19)29(17-13-9-11-15-22-17)18-14-10-12-16-23-18;4*2-1-3;;/h4*9-16H,5-8H2,1-4H3;4*2H3;;/q;;;;4*-1;2*+2. The first-order valence-electron chi connectivity index (χ1n) is 41.3. The van der Waals surface area contributed by atoms with E-state index in [1.165, 1.54) is 0 Å². The van der Waals surface area contributed by atoms with Gasteiger partial charge >= 0.3 is 34.1 Å². The molecule has 130 heavy (non-hydrogen) atoms. The molecule has 0 unspecified atom stereocenters. The Morgan fingerprint density at radius 2 is 0.277 bits per heavy atom. The second-order valence-corrected chi connectivity index (χ2v) is 25.2. The predicted octanol–water partition coefficient (Wildman–Crippen LogP) is 10.6. The molecule has 12 aromatic heterocycles. The molecule has 0 amide bonds. The number of anilines is 20. The van der Waals surface area contributed by atoms with Crippen molar-refractivity contribution < 1.29 is 34.1 Å². The molecular weight excluding hydrogens is 1720 g/mol. The first-order chi connectivity index (χ1) is 62.5. The van der Waals surface area contributed by atoms with Gasteiger partial charge in [-0.3, -0.25) is 21.0 Å². The Balaban J connectivity index is 0.000000426. The number of nitrogens with zero attached hydrogens (tertiary/aromatic N) is 36. The van der Waals surface area contributed by atoms with Crippen molar-refractivity contribution in [3.63, 3.8) is 0 Å². The van der Waals surface area contributed by atoms with E-state index in [2.05, 4.69) is 190 Å². The molecule has 0 aliphatic rings. The van der Waals surface area contributed by atoms with E-state index in [0.29, 0.717) is 118 Å². The fourth-order valence-corrected chi connectivity index (χ4v) is 12.1. The minimum absolute atomic E-state index is 0. The molecule has 0 saturated heterocycles. The molecule has 0 saturated carbocycles. The molecule has 36 nitrogen and oxygen atoms in total. The molecule has 12 heterocycles. The summed E-state index contributed by atoms with van der Waals surface area (Å²) in [7, 11) is 0.278. The zero-order valence-electron chi connectivity index (χ0n) is 74.6. The maximum absolute atomic E-state index is 7.43. The molecule has 0 atom stereocenters. The van der Waals surface area contributed by atoms with Crippen molar-refractivity contribution in [2.24, 2.45) is 0 Å². The number of hydrogen-bond acceptors (Lipinski definition) is 36. The summed E-state index contributed by atoms with van der Waals surface area (Å²) < 4.78 is 0. The third kappa shape index (κ3) is 33.1. The molecule has 0 fully saturated rings. The molecule has 684 valence electrons. The van der Waals surface area contributed by atoms with Gasteiger partial charge < -0.3 is 39.2 Å². The summed E-state index contributed by atoms with van der Waals surface area (Å²) in [6, 6.07) is 46.0. The fraction of sp³-hybridized carbons (Fsp3) is 0.364. The average Bonchev–Trinajstić information content (AvgIpc) is 0.806. The van der Waals surface area contributed by atoms with E-state index in [-0.39, 0.29) is 65.5 Å². The van der Waals surface area contributed by atoms with Crippen molar-refractivity contribution >= 4 is 149 Å². The monoisotopic (exact) mass is 1840 g/mol. The van der Waals surface area contributed by atoms with Crippen molar-refractivity contribution in [2.75, 3.05) is 164 Å². The second kappa shape index (κ2) is 63.1. The zero-order chi connectivity index (χ0) is 93.4. The topological polar surface area (TPSA) is 392 Å². The number of pyridine rings is 8. The van der Waals surface area contributed by atoms with Gasteiger partial charge in [0.2, 0.25) is 71.4 Å². The molecule has 0 aliphatic heterocycles. The summed E-state index contributed by atoms with van der Waals surface area (Å²) in [5.41, 5.74) is 0. The van der Waals surface area contributed by atoms with Gasteiger partial charge in [-0.15, -0.1) is 0 Å². The quantitative estimate of drug-likeness (QED) is 0.0329. The van der Waals surface area contributed by atoms with Gasteiger partial charge in [0.15, 0.2) is 0 Å². The third-order valence-electron chi connectivity index (χ3n) is 18.6. The first kappa shape index (κ1) is 110. The normalized spacial score (nSPS) is 9.72. The minimum atomic E-state index is 0. The van der Waals surface area contributed by atoms with Gasteiger partial charge in [-0.2, -0.15) is 83.7 Å². The predicted molar refractivity (Wildman–Crippen MR) is 531 cm³/mol. The molecule has 0 radical (unpaired) electrons. The SMILES string of the molecule is CCN(CC)c1nc(N(CC)CC)nc(N(c2ccccn2)c2ccccn2)n1.CCN(CC)c1nc(N(CC)CC)nc(N(c2ccccn2)c2ccccn2)n1.CCN(CC)c1nc(N(CC)CC)nc(N(c2ccccn2)c2ccccn2)n1.CCN(CC)c1nc(N(CC)CC)nc(N(c2ccccn2)c2ccccn2)n1.[BH3-]C#N.[BH3-]C#N.[BH3-]C#N.[BH3-]C#N.[Fe+2].[Fe+2]. The Hall–Kier alpha value is -13.9. The largest absolute Gasteiger partial charge is 2.00 e. The van der Waals surface area contributed by atoms with Gasteiger partial charge in [0.05, 0.1) is 31.4 Å². The Labute approximate surface area is 792 Å². The van der Waals surface area contributed by atoms with Gasteiger partial charge in [0.25, 0.3) is 0 Å². The third-order valence-corrected chi connectivity index (χ3v) is 18.6. The van der Waals surface area contributed by atoms with Crippen molar-refractivity contribution in [1.82, 2.24) is 99.7 Å². The van der Waals surface area contributed by atoms with Crippen LogP contribution in [0, 0.1) is 44.9 Å². The zero-order valence-corrected chi connectivity index (χ0v) is 76.8. The molecule has 0 spiro atoms. The van der Waals surface area contributed by atoms with Crippen LogP contribution in [0.2, 0.25) is 0 Å². The molecule has 0 aromatic carbocycles. The molecule has 0 N–H and O–H groups in total. The van der Waals surface area contributed by atoms with Crippen LogP contribution in [0.25, 0.3) is 0 Å². The van der Waals surface area contributed by atoms with Gasteiger partial charge in [-0.05, 0) is 208 Å². The van der Waals surface area contributed by atoms with Crippen molar-refractivity contribution in [1.29, 1.82) is 21.0 Å². The summed E-state index contributed by atoms with van der Waals surface area (Å²) in [6.07, 6.45) is 14.0. The van der Waals surface area contributed by atoms with E-state index in [9.17, 15) is 0 Å². The van der Waals surface area contributed by atoms with Gasteiger partial charge in [-0.1, -0.05) is 48.5 Å². The maximum atomic E-state index is 7.43. The Morgan fingerprint density at radius 1 is 0.185 bits per heavy atom. The van der Waals surface area contributed by atoms with Crippen LogP contribution in [-0.2, 0) is 34.1 Å². The van der Waals surface area contributed by atoms with E-state index in [1.807, 2.05) is 189 Å². The number of hydrogen-bond donors (Lipinski definition) is 0. The van der Waals surface area contributed by atoms with Crippen LogP contribution in [0.15, 0.2) is 195 Å². The van der Waals surface area contributed by atoms with E-state index >= 15 is 0 Å². The van der Waals surface area contributed by atoms with E-state index in [0.717, 1.165) is 105 Å². The number of nitriles is 4. The van der Waals surface area contributed by atoms with E-state index in [4.69, 9.17) is 80.9 Å². The summed E-state index contributed by atoms with van der Waals surface area (Å²) in [4.78, 5) is 118. The fourth-order valence-electron chi connectivity index (χ4n) is 12.1. The van der Waals surface area contributed by atoms with E-state index in [1.54, 1.807) is 49.6 Å². The maximum Gasteiger partial charge on any atom is 2.00 e. The van der Waals surface area contributed by atoms with Crippen LogP contribution in [0.5, 0.6) is 0 Å². The smallest absolute Gasteiger partial charge is 0.341 e. The van der Waals surface area contributed by atoms with Gasteiger partial charge in [0.1, 0.15) is 46.5 Å². The second-order valence-electron chi connectivity index (χ2n) is 25.2. The van der Waals surface area contributed by atoms with Crippen LogP contribution in [0.4, 0.5) is 118 Å². The first-order valence-corrected chi connectivity index (χ1v) is 41.3. The average molecular weight is 1840 g/mol. The Morgan fingerprint density at radius 3 is 0.354 bits per heavy atom. The van der Waals surface area contributed by atoms with Crippen molar-refractivity contribution in [3.05, 3.63) is 195 Å². The molecule has 0 aliphatic carbocycles. The van der Waals surface area contributed by atoms with Gasteiger partial charge in [0, 0.05) is 154 Å². The number of rotatable bonds is 36. The minimum Gasteiger partial charge on any atom is -0.341 e. The van der Waals surface area contributed by atoms with Crippen LogP contribution in [0.3, 0.4) is 0 Å². The molecule has 0 bridgehead atoms. The molecule has 12 aromatic rings. The Kier molecular flexibility index (Phi) is 53.5. The summed E-state index contributed by atoms with van der Waals surface area (Å²) >= 11 is 0. The molecular formula is C88H124B4Fe2N36. The van der Waals surface area contributed by atoms with Crippen molar-refractivity contribution in [2.45, 2.75) is 111 Å². The van der Waals surface area contributed by atoms with Gasteiger partial charge in [-0.25, -0.2) is 59.5 Å². The van der Waals surface area contributed by atoms with Crippen LogP contribution >= 0.6 is 0 Å². The number of aromatic nitrogens is 20. The summed E-state index contributed by atoms with van der Waals surface area (Å²) in [5, 5.41) is 29.7. The van der Waals surface area contributed by atoms with E-state index < -0.39 is 0 Å². The van der Waals surface area contributed by atoms with Crippen LogP contribution in [0.1, 0.15) is 111 Å². The molecule has 12 rings (SSSR count).